The number of nitrogens with zero attached hydrogens (tertiary/aromatic N) is 2. The summed E-state index contributed by atoms with van der Waals surface area (Å²) in [6.07, 6.45) is 1.96. The zero-order valence-electron chi connectivity index (χ0n) is 10.8. The highest BCUT2D eigenvalue weighted by molar-refractivity contribution is 6.29. The highest BCUT2D eigenvalue weighted by Gasteiger charge is 2.37. The second-order valence-corrected chi connectivity index (χ2v) is 5.50. The smallest absolute Gasteiger partial charge is 0.217 e. The van der Waals surface area contributed by atoms with E-state index < -0.39 is 0 Å². The second kappa shape index (κ2) is 4.60. The van der Waals surface area contributed by atoms with Gasteiger partial charge in [0.2, 0.25) is 5.90 Å². The van der Waals surface area contributed by atoms with Crippen molar-refractivity contribution in [2.75, 3.05) is 0 Å². The summed E-state index contributed by atoms with van der Waals surface area (Å²) in [7, 11) is 0. The maximum absolute atomic E-state index is 6.03. The molecule has 20 heavy (non-hydrogen) atoms. The van der Waals surface area contributed by atoms with Crippen LogP contribution in [-0.2, 0) is 11.2 Å². The first kappa shape index (κ1) is 11.9. The maximum Gasteiger partial charge on any atom is 0.217 e. The predicted octanol–water partition coefficient (Wildman–Crippen LogP) is 3.57. The van der Waals surface area contributed by atoms with Crippen LogP contribution in [0.3, 0.4) is 0 Å². The molecule has 2 heterocycles. The summed E-state index contributed by atoms with van der Waals surface area (Å²) < 4.78 is 6.03. The Balaban J connectivity index is 1.74. The molecule has 0 spiro atoms. The third-order valence-corrected chi connectivity index (χ3v) is 4.06. The molecule has 0 amide bonds. The lowest BCUT2D eigenvalue weighted by atomic mass is 9.90. The van der Waals surface area contributed by atoms with Gasteiger partial charge in [0.15, 0.2) is 0 Å². The van der Waals surface area contributed by atoms with E-state index in [9.17, 15) is 0 Å². The number of aryl methyl sites for hydroxylation is 1. The van der Waals surface area contributed by atoms with Gasteiger partial charge in [-0.05, 0) is 31.0 Å². The molecule has 0 saturated carbocycles. The first-order valence-electron chi connectivity index (χ1n) is 6.76. The van der Waals surface area contributed by atoms with E-state index in [1.165, 1.54) is 0 Å². The summed E-state index contributed by atoms with van der Waals surface area (Å²) in [6.45, 7) is 0. The van der Waals surface area contributed by atoms with Crippen LogP contribution in [-0.4, -0.2) is 17.0 Å². The van der Waals surface area contributed by atoms with E-state index in [0.717, 1.165) is 35.6 Å². The Morgan fingerprint density at radius 2 is 1.95 bits per heavy atom. The van der Waals surface area contributed by atoms with Crippen molar-refractivity contribution in [2.24, 2.45) is 4.99 Å². The van der Waals surface area contributed by atoms with Gasteiger partial charge in [0.05, 0.1) is 0 Å². The van der Waals surface area contributed by atoms with E-state index in [1.54, 1.807) is 0 Å². The van der Waals surface area contributed by atoms with E-state index >= 15 is 0 Å². The number of pyridine rings is 1. The fraction of sp³-hybridized carbons (Fsp3) is 0.250. The van der Waals surface area contributed by atoms with Gasteiger partial charge >= 0.3 is 0 Å². The van der Waals surface area contributed by atoms with Crippen molar-refractivity contribution >= 4 is 17.5 Å². The van der Waals surface area contributed by atoms with Crippen LogP contribution in [0.1, 0.15) is 29.3 Å². The van der Waals surface area contributed by atoms with Crippen molar-refractivity contribution < 1.29 is 4.74 Å². The Hall–Kier alpha value is -1.87. The van der Waals surface area contributed by atoms with Crippen LogP contribution in [0.25, 0.3) is 0 Å². The van der Waals surface area contributed by atoms with Crippen molar-refractivity contribution in [3.63, 3.8) is 0 Å². The molecule has 0 bridgehead atoms. The average molecular weight is 285 g/mol. The SMILES string of the molecule is Clc1ccc2c(n1)CC[C@@H]1OC(c3ccccc3)=N[C@H]21. The molecular formula is C16H13ClN2O. The summed E-state index contributed by atoms with van der Waals surface area (Å²) in [6, 6.07) is 14.0. The lowest BCUT2D eigenvalue weighted by Gasteiger charge is -2.24. The molecule has 2 aliphatic rings. The van der Waals surface area contributed by atoms with Gasteiger partial charge in [0.1, 0.15) is 17.3 Å². The Kier molecular flexibility index (Phi) is 2.74. The molecule has 3 nitrogen and oxygen atoms in total. The molecule has 2 atom stereocenters. The largest absolute Gasteiger partial charge is 0.471 e. The summed E-state index contributed by atoms with van der Waals surface area (Å²) in [5, 5.41) is 0.549. The van der Waals surface area contributed by atoms with Gasteiger partial charge in [-0.1, -0.05) is 35.9 Å². The molecule has 0 radical (unpaired) electrons. The van der Waals surface area contributed by atoms with Crippen molar-refractivity contribution in [2.45, 2.75) is 25.0 Å². The number of hydrogen-bond acceptors (Lipinski definition) is 3. The first-order valence-corrected chi connectivity index (χ1v) is 7.14. The molecule has 0 N–H and O–H groups in total. The highest BCUT2D eigenvalue weighted by atomic mass is 35.5. The van der Waals surface area contributed by atoms with E-state index in [-0.39, 0.29) is 12.1 Å². The fourth-order valence-electron chi connectivity index (χ4n) is 2.89. The summed E-state index contributed by atoms with van der Waals surface area (Å²) >= 11 is 5.97. The van der Waals surface area contributed by atoms with Crippen LogP contribution < -0.4 is 0 Å². The van der Waals surface area contributed by atoms with Crippen LogP contribution >= 0.6 is 11.6 Å². The van der Waals surface area contributed by atoms with Crippen molar-refractivity contribution in [3.05, 3.63) is 64.4 Å². The summed E-state index contributed by atoms with van der Waals surface area (Å²) in [5.41, 5.74) is 3.24. The number of fused-ring (bicyclic) bond motifs is 3. The minimum atomic E-state index is 0.0544. The van der Waals surface area contributed by atoms with Crippen LogP contribution in [0.5, 0.6) is 0 Å². The molecule has 4 rings (SSSR count). The monoisotopic (exact) mass is 284 g/mol. The van der Waals surface area contributed by atoms with Crippen molar-refractivity contribution in [1.82, 2.24) is 4.98 Å². The Bertz CT molecular complexity index is 684. The number of rotatable bonds is 1. The minimum Gasteiger partial charge on any atom is -0.471 e. The molecule has 1 aliphatic heterocycles. The van der Waals surface area contributed by atoms with Crippen LogP contribution in [0.15, 0.2) is 47.5 Å². The van der Waals surface area contributed by atoms with Gasteiger partial charge < -0.3 is 4.74 Å². The van der Waals surface area contributed by atoms with E-state index in [1.807, 2.05) is 42.5 Å². The van der Waals surface area contributed by atoms with Crippen LogP contribution in [0.4, 0.5) is 0 Å². The van der Waals surface area contributed by atoms with E-state index in [0.29, 0.717) is 5.15 Å². The quantitative estimate of drug-likeness (QED) is 0.750. The summed E-state index contributed by atoms with van der Waals surface area (Å²) in [4.78, 5) is 9.18. The molecule has 4 heteroatoms. The average Bonchev–Trinajstić information content (AvgIpc) is 2.92. The van der Waals surface area contributed by atoms with E-state index in [2.05, 4.69) is 4.98 Å². The van der Waals surface area contributed by atoms with E-state index in [4.69, 9.17) is 21.3 Å². The number of aliphatic imine (C=N–C) groups is 1. The Labute approximate surface area is 122 Å². The highest BCUT2D eigenvalue weighted by Crippen LogP contribution is 2.39. The first-order chi connectivity index (χ1) is 9.81. The molecule has 2 aromatic rings. The van der Waals surface area contributed by atoms with Gasteiger partial charge in [0.25, 0.3) is 0 Å². The number of hydrogen-bond donors (Lipinski definition) is 0. The third-order valence-electron chi connectivity index (χ3n) is 3.85. The third kappa shape index (κ3) is 1.90. The fourth-order valence-corrected chi connectivity index (χ4v) is 3.06. The topological polar surface area (TPSA) is 34.5 Å². The van der Waals surface area contributed by atoms with Crippen LogP contribution in [0, 0.1) is 0 Å². The molecule has 0 fully saturated rings. The number of aromatic nitrogens is 1. The standard InChI is InChI=1S/C16H13ClN2O/c17-14-9-6-11-12(18-14)7-8-13-15(11)19-16(20-13)10-4-2-1-3-5-10/h1-6,9,13,15H,7-8H2/t13-,15+/m0/s1. The van der Waals surface area contributed by atoms with Gasteiger partial charge in [-0.3, -0.25) is 0 Å². The molecule has 100 valence electrons. The van der Waals surface area contributed by atoms with Crippen molar-refractivity contribution in [3.8, 4) is 0 Å². The van der Waals surface area contributed by atoms with Gasteiger partial charge in [-0.2, -0.15) is 0 Å². The lowest BCUT2D eigenvalue weighted by molar-refractivity contribution is 0.173. The number of halogens is 1. The molecular weight excluding hydrogens is 272 g/mol. The molecule has 0 saturated heterocycles. The molecule has 1 aliphatic carbocycles. The number of benzene rings is 1. The lowest BCUT2D eigenvalue weighted by Crippen LogP contribution is -2.24. The second-order valence-electron chi connectivity index (χ2n) is 5.11. The molecule has 0 unspecified atom stereocenters. The Morgan fingerprint density at radius 3 is 2.80 bits per heavy atom. The maximum atomic E-state index is 6.03. The Morgan fingerprint density at radius 1 is 1.10 bits per heavy atom. The minimum absolute atomic E-state index is 0.0544. The van der Waals surface area contributed by atoms with Gasteiger partial charge in [-0.15, -0.1) is 0 Å². The predicted molar refractivity (Wildman–Crippen MR) is 78.2 cm³/mol. The van der Waals surface area contributed by atoms with Gasteiger partial charge in [-0.25, -0.2) is 9.98 Å². The van der Waals surface area contributed by atoms with Crippen molar-refractivity contribution in [1.29, 1.82) is 0 Å². The van der Waals surface area contributed by atoms with Crippen LogP contribution in [0.2, 0.25) is 5.15 Å². The zero-order chi connectivity index (χ0) is 13.5. The zero-order valence-corrected chi connectivity index (χ0v) is 11.5. The summed E-state index contributed by atoms with van der Waals surface area (Å²) in [5.74, 6) is 0.739. The molecule has 1 aromatic heterocycles. The number of ether oxygens (including phenoxy) is 1. The normalized spacial score (nSPS) is 23.6. The molecule has 1 aromatic carbocycles. The van der Waals surface area contributed by atoms with Gasteiger partial charge in [0, 0.05) is 16.8 Å².